The molecule has 7 unspecified atom stereocenters. The van der Waals surface area contributed by atoms with E-state index in [0.717, 1.165) is 57.8 Å². The molecule has 1 heterocycles. The fraction of sp³-hybridized carbons (Fsp3) is 0.735. The van der Waals surface area contributed by atoms with Gasteiger partial charge in [0.15, 0.2) is 0 Å². The minimum atomic E-state index is -0.763. The number of hydrogen-bond acceptors (Lipinski definition) is 8. The summed E-state index contributed by atoms with van der Waals surface area (Å²) in [7, 11) is 0. The first kappa shape index (κ1) is 30.8. The number of nitrogens with zero attached hydrogens (tertiary/aromatic N) is 3. The lowest BCUT2D eigenvalue weighted by atomic mass is 9.70. The highest BCUT2D eigenvalue weighted by Gasteiger charge is 2.75. The van der Waals surface area contributed by atoms with Crippen LogP contribution in [0.1, 0.15) is 98.0 Å². The van der Waals surface area contributed by atoms with Crippen molar-refractivity contribution in [1.29, 1.82) is 0 Å². The first-order valence-electron chi connectivity index (χ1n) is 16.4. The Morgan fingerprint density at radius 3 is 2.30 bits per heavy atom. The molecule has 0 aromatic heterocycles. The minimum absolute atomic E-state index is 0.0338. The SMILES string of the molecule is CC12CN(C(=O)C(NC(=O)Cc3ccc(N=O)c(N=O)c3)C3CCCCC3)C(C(=O)OC3CC4CCC3(C)C4(C)C)C1(C)C2. The fourth-order valence-electron chi connectivity index (χ4n) is 9.61. The Labute approximate surface area is 259 Å². The summed E-state index contributed by atoms with van der Waals surface area (Å²) in [6, 6.07) is 2.85. The number of carbonyl (C=O) groups excluding carboxylic acids is 3. The molecule has 4 aliphatic carbocycles. The second-order valence-electron chi connectivity index (χ2n) is 15.7. The van der Waals surface area contributed by atoms with Crippen LogP contribution in [0.4, 0.5) is 11.4 Å². The van der Waals surface area contributed by atoms with Gasteiger partial charge in [-0.1, -0.05) is 59.9 Å². The summed E-state index contributed by atoms with van der Waals surface area (Å²) in [5, 5.41) is 8.68. The number of fused-ring (bicyclic) bond motifs is 3. The maximum atomic E-state index is 14.5. The van der Waals surface area contributed by atoms with Gasteiger partial charge in [-0.25, -0.2) is 4.79 Å². The van der Waals surface area contributed by atoms with Gasteiger partial charge in [-0.15, -0.1) is 9.81 Å². The van der Waals surface area contributed by atoms with Crippen LogP contribution < -0.4 is 5.32 Å². The molecule has 0 radical (unpaired) electrons. The van der Waals surface area contributed by atoms with Crippen LogP contribution in [0.15, 0.2) is 28.6 Å². The van der Waals surface area contributed by atoms with Gasteiger partial charge in [0.05, 0.1) is 6.42 Å². The van der Waals surface area contributed by atoms with E-state index in [1.54, 1.807) is 11.0 Å². The zero-order chi connectivity index (χ0) is 31.7. The average molecular weight is 607 g/mol. The Kier molecular flexibility index (Phi) is 7.52. The first-order valence-corrected chi connectivity index (χ1v) is 16.4. The highest BCUT2D eigenvalue weighted by molar-refractivity contribution is 5.93. The van der Waals surface area contributed by atoms with Crippen molar-refractivity contribution >= 4 is 29.2 Å². The van der Waals surface area contributed by atoms with Crippen molar-refractivity contribution in [3.8, 4) is 0 Å². The van der Waals surface area contributed by atoms with Crippen LogP contribution in [0.5, 0.6) is 0 Å². The summed E-state index contributed by atoms with van der Waals surface area (Å²) in [6.45, 7) is 11.6. The smallest absolute Gasteiger partial charge is 0.329 e. The van der Waals surface area contributed by atoms with Crippen LogP contribution in [-0.2, 0) is 25.5 Å². The van der Waals surface area contributed by atoms with Crippen molar-refractivity contribution < 1.29 is 19.1 Å². The van der Waals surface area contributed by atoms with Crippen LogP contribution in [0.25, 0.3) is 0 Å². The molecule has 2 bridgehead atoms. The molecular weight excluding hydrogens is 560 g/mol. The molecule has 238 valence electrons. The number of ether oxygens (including phenoxy) is 1. The van der Waals surface area contributed by atoms with E-state index >= 15 is 0 Å². The molecule has 4 saturated carbocycles. The third-order valence-corrected chi connectivity index (χ3v) is 13.2. The summed E-state index contributed by atoms with van der Waals surface area (Å²) in [5.41, 5.74) is -0.229. The number of rotatable bonds is 9. The average Bonchev–Trinajstić information content (AvgIpc) is 3.25. The molecule has 1 aromatic rings. The topological polar surface area (TPSA) is 135 Å². The van der Waals surface area contributed by atoms with Crippen molar-refractivity contribution in [3.63, 3.8) is 0 Å². The number of hydrogen-bond donors (Lipinski definition) is 1. The lowest BCUT2D eigenvalue weighted by Crippen LogP contribution is -2.57. The number of esters is 1. The zero-order valence-electron chi connectivity index (χ0n) is 26.7. The highest BCUT2D eigenvalue weighted by Crippen LogP contribution is 2.71. The fourth-order valence-corrected chi connectivity index (χ4v) is 9.61. The third-order valence-electron chi connectivity index (χ3n) is 13.2. The standard InChI is InChI=1S/C34H46N4O6/c1-31(2)22-13-14-33(31,4)25(17-22)44-30(41)28-34(5)18-32(34,3)19-38(28)29(40)27(21-9-7-6-8-10-21)35-26(39)16-20-11-12-23(36-42)24(15-20)37-43/h11-12,15,21-22,25,27-28H,6-10,13-14,16-19H2,1-5H3,(H,35,39). The molecule has 44 heavy (non-hydrogen) atoms. The van der Waals surface area contributed by atoms with E-state index in [2.05, 4.69) is 50.3 Å². The number of carbonyl (C=O) groups is 3. The van der Waals surface area contributed by atoms with Crippen LogP contribution in [-0.4, -0.2) is 47.4 Å². The van der Waals surface area contributed by atoms with Gasteiger partial charge in [-0.2, -0.15) is 0 Å². The molecule has 1 aromatic carbocycles. The zero-order valence-corrected chi connectivity index (χ0v) is 26.7. The number of piperidine rings is 1. The summed E-state index contributed by atoms with van der Waals surface area (Å²) in [5.74, 6) is -0.382. The van der Waals surface area contributed by atoms with Gasteiger partial charge in [0.2, 0.25) is 11.8 Å². The summed E-state index contributed by atoms with van der Waals surface area (Å²) < 4.78 is 6.40. The molecule has 0 spiro atoms. The van der Waals surface area contributed by atoms with Crippen molar-refractivity contribution in [2.45, 2.75) is 117 Å². The molecule has 2 amide bonds. The van der Waals surface area contributed by atoms with Gasteiger partial charge in [0.1, 0.15) is 29.6 Å². The Bertz CT molecular complexity index is 1390. The molecule has 6 rings (SSSR count). The van der Waals surface area contributed by atoms with Crippen molar-refractivity contribution in [2.24, 2.45) is 43.8 Å². The number of likely N-dealkylation sites (tertiary alicyclic amines) is 1. The van der Waals surface area contributed by atoms with Crippen LogP contribution in [0.3, 0.4) is 0 Å². The predicted octanol–water partition coefficient (Wildman–Crippen LogP) is 6.48. The van der Waals surface area contributed by atoms with E-state index in [-0.39, 0.29) is 69.3 Å². The van der Waals surface area contributed by atoms with Crippen LogP contribution in [0.2, 0.25) is 0 Å². The van der Waals surface area contributed by atoms with Gasteiger partial charge in [0, 0.05) is 17.4 Å². The number of amides is 2. The van der Waals surface area contributed by atoms with Gasteiger partial charge < -0.3 is 15.0 Å². The Morgan fingerprint density at radius 2 is 1.68 bits per heavy atom. The van der Waals surface area contributed by atoms with E-state index in [9.17, 15) is 24.2 Å². The monoisotopic (exact) mass is 606 g/mol. The Balaban J connectivity index is 1.23. The third kappa shape index (κ3) is 4.69. The van der Waals surface area contributed by atoms with E-state index in [1.807, 2.05) is 0 Å². The number of nitroso groups, excluding NO2 is 2. The Morgan fingerprint density at radius 1 is 0.977 bits per heavy atom. The number of nitrogens with one attached hydrogen (secondary N) is 1. The summed E-state index contributed by atoms with van der Waals surface area (Å²) in [6.07, 6.45) is 8.40. The largest absolute Gasteiger partial charge is 0.460 e. The molecule has 10 heteroatoms. The highest BCUT2D eigenvalue weighted by atomic mass is 16.5. The van der Waals surface area contributed by atoms with Crippen molar-refractivity contribution in [2.75, 3.05) is 6.54 Å². The molecule has 7 atom stereocenters. The Hall–Kier alpha value is -3.17. The van der Waals surface area contributed by atoms with Crippen LogP contribution in [0, 0.1) is 43.3 Å². The molecule has 10 nitrogen and oxygen atoms in total. The number of benzene rings is 1. The van der Waals surface area contributed by atoms with E-state index in [1.165, 1.54) is 12.1 Å². The quantitative estimate of drug-likeness (QED) is 0.253. The summed E-state index contributed by atoms with van der Waals surface area (Å²) in [4.78, 5) is 65.9. The molecule has 1 N–H and O–H groups in total. The van der Waals surface area contributed by atoms with Gasteiger partial charge in [-0.3, -0.25) is 9.59 Å². The minimum Gasteiger partial charge on any atom is -0.460 e. The normalized spacial score (nSPS) is 35.9. The van der Waals surface area contributed by atoms with E-state index < -0.39 is 12.1 Å². The molecule has 1 aliphatic heterocycles. The first-order chi connectivity index (χ1) is 20.8. The lowest BCUT2D eigenvalue weighted by Gasteiger charge is -2.40. The molecule has 1 saturated heterocycles. The molecule has 5 fully saturated rings. The second kappa shape index (κ2) is 10.7. The molecule has 5 aliphatic rings. The van der Waals surface area contributed by atoms with Gasteiger partial charge >= 0.3 is 5.97 Å². The predicted molar refractivity (Wildman–Crippen MR) is 165 cm³/mol. The second-order valence-corrected chi connectivity index (χ2v) is 15.7. The van der Waals surface area contributed by atoms with Crippen LogP contribution >= 0.6 is 0 Å². The molecular formula is C34H46N4O6. The van der Waals surface area contributed by atoms with Gasteiger partial charge in [0.25, 0.3) is 0 Å². The van der Waals surface area contributed by atoms with E-state index in [4.69, 9.17) is 4.74 Å². The lowest BCUT2D eigenvalue weighted by molar-refractivity contribution is -0.168. The van der Waals surface area contributed by atoms with Crippen molar-refractivity contribution in [3.05, 3.63) is 33.6 Å². The summed E-state index contributed by atoms with van der Waals surface area (Å²) >= 11 is 0. The van der Waals surface area contributed by atoms with Crippen molar-refractivity contribution in [1.82, 2.24) is 10.2 Å². The van der Waals surface area contributed by atoms with E-state index in [0.29, 0.717) is 18.0 Å². The van der Waals surface area contributed by atoms with Gasteiger partial charge in [-0.05, 0) is 89.2 Å². The maximum absolute atomic E-state index is 14.5. The maximum Gasteiger partial charge on any atom is 0.329 e.